The van der Waals surface area contributed by atoms with E-state index in [1.165, 1.54) is 54.3 Å². The molecule has 0 saturated heterocycles. The summed E-state index contributed by atoms with van der Waals surface area (Å²) < 4.78 is 9.13. The van der Waals surface area contributed by atoms with Gasteiger partial charge < -0.3 is 4.74 Å². The summed E-state index contributed by atoms with van der Waals surface area (Å²) in [5, 5.41) is 8.26. The van der Waals surface area contributed by atoms with E-state index in [1.54, 1.807) is 0 Å². The van der Waals surface area contributed by atoms with Crippen molar-refractivity contribution in [2.75, 3.05) is 0 Å². The number of nitrogens with zero attached hydrogens (tertiary/aromatic N) is 1. The van der Waals surface area contributed by atoms with E-state index < -0.39 is 16.1 Å². The monoisotopic (exact) mass is 456 g/mol. The molecule has 164 valence electrons. The number of hydrogen-bond acceptors (Lipinski definition) is 1. The third-order valence-electron chi connectivity index (χ3n) is 7.11. The molecule has 0 bridgehead atoms. The Labute approximate surface area is 193 Å². The van der Waals surface area contributed by atoms with Crippen molar-refractivity contribution in [2.24, 2.45) is 7.05 Å². The van der Waals surface area contributed by atoms with Gasteiger partial charge in [0.2, 0.25) is 5.69 Å². The van der Waals surface area contributed by atoms with Gasteiger partial charge in [-0.1, -0.05) is 73.9 Å². The molecule has 1 aliphatic rings. The highest BCUT2D eigenvalue weighted by molar-refractivity contribution is 6.90. The van der Waals surface area contributed by atoms with Gasteiger partial charge in [0.15, 0.2) is 6.20 Å². The second-order valence-corrected chi connectivity index (χ2v) is 21.6. The third kappa shape index (κ3) is 3.00. The van der Waals surface area contributed by atoms with Gasteiger partial charge in [0.05, 0.1) is 27.1 Å². The van der Waals surface area contributed by atoms with E-state index >= 15 is 0 Å². The number of rotatable bonds is 2. The topological polar surface area (TPSA) is 13.1 Å². The van der Waals surface area contributed by atoms with Crippen molar-refractivity contribution >= 4 is 48.1 Å². The predicted molar refractivity (Wildman–Crippen MR) is 144 cm³/mol. The van der Waals surface area contributed by atoms with Gasteiger partial charge in [-0.05, 0) is 41.6 Å². The van der Waals surface area contributed by atoms with Gasteiger partial charge in [-0.15, -0.1) is 0 Å². The Morgan fingerprint density at radius 2 is 1.53 bits per heavy atom. The van der Waals surface area contributed by atoms with E-state index in [0.717, 1.165) is 11.5 Å². The van der Waals surface area contributed by atoms with Crippen LogP contribution in [-0.2, 0) is 7.05 Å². The van der Waals surface area contributed by atoms with Crippen LogP contribution >= 0.6 is 0 Å². The molecule has 3 aromatic carbocycles. The van der Waals surface area contributed by atoms with Gasteiger partial charge >= 0.3 is 0 Å². The molecule has 2 heterocycles. The molecule has 0 fully saturated rings. The van der Waals surface area contributed by atoms with Crippen LogP contribution in [0.4, 0.5) is 0 Å². The average Bonchev–Trinajstić information content (AvgIpc) is 2.71. The summed E-state index contributed by atoms with van der Waals surface area (Å²) in [5.41, 5.74) is 5.13. The lowest BCUT2D eigenvalue weighted by atomic mass is 9.89. The number of aromatic nitrogens is 1. The zero-order chi connectivity index (χ0) is 23.2. The van der Waals surface area contributed by atoms with Gasteiger partial charge in [0.25, 0.3) is 0 Å². The lowest BCUT2D eigenvalue weighted by Gasteiger charge is -2.28. The fourth-order valence-corrected chi connectivity index (χ4v) is 8.12. The third-order valence-corrected chi connectivity index (χ3v) is 11.2. The first-order valence-electron chi connectivity index (χ1n) is 11.6. The minimum absolute atomic E-state index is 1.02. The average molecular weight is 457 g/mol. The summed E-state index contributed by atoms with van der Waals surface area (Å²) in [5.74, 6) is 2.06. The Morgan fingerprint density at radius 3 is 2.19 bits per heavy atom. The maximum atomic E-state index is 6.85. The van der Waals surface area contributed by atoms with Crippen LogP contribution in [0.15, 0.2) is 42.6 Å². The standard InChI is InChI=1S/C28H34NOSi2/c1-17-21-11-10-12-23(32(7,8)9)24(21)18(2)28-25(17)27-26-19(13-14-29(27)3)15-20(31(4,5)6)16-22(26)30-28/h10-16H,1-9H3/q+1. The molecular weight excluding hydrogens is 422 g/mol. The lowest BCUT2D eigenvalue weighted by Crippen LogP contribution is -2.39. The molecule has 1 aromatic heterocycles. The van der Waals surface area contributed by atoms with Crippen LogP contribution in [0.25, 0.3) is 32.8 Å². The molecule has 0 amide bonds. The second kappa shape index (κ2) is 6.78. The second-order valence-electron chi connectivity index (χ2n) is 11.5. The number of benzene rings is 3. The largest absolute Gasteiger partial charge is 0.455 e. The van der Waals surface area contributed by atoms with Crippen molar-refractivity contribution in [1.82, 2.24) is 0 Å². The molecule has 0 N–H and O–H groups in total. The van der Waals surface area contributed by atoms with E-state index in [2.05, 4.69) is 107 Å². The van der Waals surface area contributed by atoms with Crippen molar-refractivity contribution in [1.29, 1.82) is 0 Å². The number of aryl methyl sites for hydroxylation is 3. The molecular formula is C28H34NOSi2+. The van der Waals surface area contributed by atoms with E-state index in [9.17, 15) is 0 Å². The zero-order valence-corrected chi connectivity index (χ0v) is 22.9. The summed E-state index contributed by atoms with van der Waals surface area (Å²) in [6.07, 6.45) is 2.21. The maximum Gasteiger partial charge on any atom is 0.228 e. The Bertz CT molecular complexity index is 1440. The Balaban J connectivity index is 1.96. The number of ether oxygens (including phenoxy) is 1. The molecule has 2 nitrogen and oxygen atoms in total. The molecule has 0 radical (unpaired) electrons. The van der Waals surface area contributed by atoms with Crippen LogP contribution in [0.3, 0.4) is 0 Å². The number of fused-ring (bicyclic) bond motifs is 3. The van der Waals surface area contributed by atoms with Crippen molar-refractivity contribution in [3.05, 3.63) is 53.7 Å². The van der Waals surface area contributed by atoms with Crippen LogP contribution < -0.4 is 19.7 Å². The SMILES string of the molecule is Cc1c2c(c(C)c3c([Si](C)(C)C)cccc13)Oc1cc([Si](C)(C)C)cc3cc[n+](C)c-2c13. The van der Waals surface area contributed by atoms with Gasteiger partial charge in [-0.3, -0.25) is 0 Å². The first kappa shape index (κ1) is 21.4. The Hall–Kier alpha value is -2.44. The van der Waals surface area contributed by atoms with E-state index in [1.807, 2.05) is 0 Å². The molecule has 0 aliphatic carbocycles. The molecule has 4 heteroatoms. The highest BCUT2D eigenvalue weighted by atomic mass is 28.3. The van der Waals surface area contributed by atoms with E-state index in [4.69, 9.17) is 4.74 Å². The summed E-state index contributed by atoms with van der Waals surface area (Å²) in [6.45, 7) is 19.1. The summed E-state index contributed by atoms with van der Waals surface area (Å²) in [6, 6.07) is 13.8. The molecule has 0 unspecified atom stereocenters. The highest BCUT2D eigenvalue weighted by Crippen LogP contribution is 2.50. The molecule has 0 spiro atoms. The first-order valence-corrected chi connectivity index (χ1v) is 18.6. The van der Waals surface area contributed by atoms with Crippen molar-refractivity contribution in [3.8, 4) is 22.8 Å². The highest BCUT2D eigenvalue weighted by Gasteiger charge is 2.34. The number of pyridine rings is 1. The molecule has 1 aliphatic heterocycles. The fraction of sp³-hybridized carbons (Fsp3) is 0.321. The number of hydrogen-bond donors (Lipinski definition) is 0. The Morgan fingerprint density at radius 1 is 0.812 bits per heavy atom. The predicted octanol–water partition coefficient (Wildman–Crippen LogP) is 6.30. The van der Waals surface area contributed by atoms with Gasteiger partial charge in [0.1, 0.15) is 18.5 Å². The van der Waals surface area contributed by atoms with Gasteiger partial charge in [0, 0.05) is 11.6 Å². The van der Waals surface area contributed by atoms with Crippen molar-refractivity contribution in [3.63, 3.8) is 0 Å². The minimum Gasteiger partial charge on any atom is -0.455 e. The summed E-state index contributed by atoms with van der Waals surface area (Å²) in [4.78, 5) is 0. The van der Waals surface area contributed by atoms with Gasteiger partial charge in [-0.2, -0.15) is 0 Å². The zero-order valence-electron chi connectivity index (χ0n) is 20.9. The van der Waals surface area contributed by atoms with Crippen LogP contribution in [0.2, 0.25) is 39.3 Å². The summed E-state index contributed by atoms with van der Waals surface area (Å²) >= 11 is 0. The van der Waals surface area contributed by atoms with E-state index in [-0.39, 0.29) is 0 Å². The lowest BCUT2D eigenvalue weighted by molar-refractivity contribution is -0.659. The van der Waals surface area contributed by atoms with Crippen LogP contribution in [0.5, 0.6) is 11.5 Å². The van der Waals surface area contributed by atoms with Crippen molar-refractivity contribution < 1.29 is 9.30 Å². The molecule has 0 saturated carbocycles. The minimum atomic E-state index is -1.52. The quantitative estimate of drug-likeness (QED) is 0.224. The van der Waals surface area contributed by atoms with E-state index in [0.29, 0.717) is 0 Å². The fourth-order valence-electron chi connectivity index (χ4n) is 5.30. The smallest absolute Gasteiger partial charge is 0.228 e. The molecule has 5 rings (SSSR count). The molecule has 32 heavy (non-hydrogen) atoms. The first-order chi connectivity index (χ1) is 14.9. The van der Waals surface area contributed by atoms with Crippen LogP contribution in [0, 0.1) is 13.8 Å². The van der Waals surface area contributed by atoms with Gasteiger partial charge in [-0.25, -0.2) is 4.57 Å². The van der Waals surface area contributed by atoms with Crippen LogP contribution in [0.1, 0.15) is 11.1 Å². The summed E-state index contributed by atoms with van der Waals surface area (Å²) in [7, 11) is -0.834. The van der Waals surface area contributed by atoms with Crippen LogP contribution in [-0.4, -0.2) is 16.1 Å². The maximum absolute atomic E-state index is 6.85. The normalized spacial score (nSPS) is 13.4. The molecule has 4 aromatic rings. The molecule has 0 atom stereocenters. The Kier molecular flexibility index (Phi) is 4.54. The van der Waals surface area contributed by atoms with Crippen molar-refractivity contribution in [2.45, 2.75) is 53.1 Å².